The Balaban J connectivity index is 2.20. The van der Waals surface area contributed by atoms with Gasteiger partial charge in [-0.1, -0.05) is 29.8 Å². The highest BCUT2D eigenvalue weighted by Crippen LogP contribution is 2.24. The van der Waals surface area contributed by atoms with E-state index in [1.54, 1.807) is 6.07 Å². The van der Waals surface area contributed by atoms with E-state index >= 15 is 0 Å². The molecule has 1 aromatic carbocycles. The van der Waals surface area contributed by atoms with Crippen LogP contribution in [0.5, 0.6) is 0 Å². The van der Waals surface area contributed by atoms with E-state index in [0.717, 1.165) is 5.56 Å². The molecule has 0 aromatic heterocycles. The molecule has 1 aromatic rings. The second kappa shape index (κ2) is 4.55. The van der Waals surface area contributed by atoms with Gasteiger partial charge in [0.15, 0.2) is 0 Å². The number of benzene rings is 1. The van der Waals surface area contributed by atoms with Gasteiger partial charge in [0, 0.05) is 5.02 Å². The van der Waals surface area contributed by atoms with Crippen molar-refractivity contribution >= 4 is 29.4 Å². The first-order chi connectivity index (χ1) is 8.08. The highest BCUT2D eigenvalue weighted by molar-refractivity contribution is 6.45. The van der Waals surface area contributed by atoms with E-state index in [-0.39, 0.29) is 12.0 Å². The van der Waals surface area contributed by atoms with Crippen LogP contribution < -0.4 is 10.6 Å². The Morgan fingerprint density at radius 1 is 1.18 bits per heavy atom. The third-order valence-electron chi connectivity index (χ3n) is 2.35. The zero-order valence-electron chi connectivity index (χ0n) is 9.03. The molecule has 0 spiro atoms. The van der Waals surface area contributed by atoms with E-state index in [9.17, 15) is 9.59 Å². The lowest BCUT2D eigenvalue weighted by Crippen LogP contribution is -2.26. The number of carbonyl (C=O) groups excluding carboxylic acids is 2. The maximum absolute atomic E-state index is 10.9. The maximum Gasteiger partial charge on any atom is 0.316 e. The molecule has 1 saturated heterocycles. The minimum absolute atomic E-state index is 0.160. The highest BCUT2D eigenvalue weighted by atomic mass is 35.5. The number of aliphatic imine (C=N–C) groups is 1. The lowest BCUT2D eigenvalue weighted by Gasteiger charge is -2.09. The first-order valence-electron chi connectivity index (χ1n) is 5.02. The van der Waals surface area contributed by atoms with Crippen LogP contribution in [0.3, 0.4) is 0 Å². The zero-order valence-corrected chi connectivity index (χ0v) is 9.78. The largest absolute Gasteiger partial charge is 0.316 e. The van der Waals surface area contributed by atoms with Crippen molar-refractivity contribution in [1.29, 1.82) is 0 Å². The van der Waals surface area contributed by atoms with Crippen molar-refractivity contribution in [3.63, 3.8) is 0 Å². The molecule has 88 valence electrons. The molecule has 0 saturated carbocycles. The standard InChI is InChI=1S/C11H10ClN3O2/c1-6(7-4-2-3-5-8(7)12)13-11-14-9(16)10(17)15-11/h2-6H,1H3,(H2,13,14,15,16,17). The predicted octanol–water partition coefficient (Wildman–Crippen LogP) is 1.00. The van der Waals surface area contributed by atoms with Crippen molar-refractivity contribution < 1.29 is 9.59 Å². The van der Waals surface area contributed by atoms with E-state index in [2.05, 4.69) is 15.6 Å². The third-order valence-corrected chi connectivity index (χ3v) is 2.69. The van der Waals surface area contributed by atoms with Crippen molar-refractivity contribution in [3.05, 3.63) is 34.9 Å². The first kappa shape index (κ1) is 11.6. The van der Waals surface area contributed by atoms with Crippen LogP contribution >= 0.6 is 11.6 Å². The number of nitrogens with one attached hydrogen (secondary N) is 2. The van der Waals surface area contributed by atoms with E-state index in [0.29, 0.717) is 5.02 Å². The molecule has 2 amide bonds. The van der Waals surface area contributed by atoms with Crippen molar-refractivity contribution in [2.24, 2.45) is 4.99 Å². The monoisotopic (exact) mass is 251 g/mol. The van der Waals surface area contributed by atoms with Gasteiger partial charge < -0.3 is 0 Å². The summed E-state index contributed by atoms with van der Waals surface area (Å²) in [6, 6.07) is 7.03. The Morgan fingerprint density at radius 3 is 2.35 bits per heavy atom. The van der Waals surface area contributed by atoms with Crippen LogP contribution in [0, 0.1) is 0 Å². The molecule has 1 heterocycles. The van der Waals surface area contributed by atoms with Gasteiger partial charge in [0.1, 0.15) is 0 Å². The fourth-order valence-corrected chi connectivity index (χ4v) is 1.80. The number of guanidine groups is 1. The fraction of sp³-hybridized carbons (Fsp3) is 0.182. The van der Waals surface area contributed by atoms with Gasteiger partial charge in [-0.2, -0.15) is 0 Å². The molecule has 2 N–H and O–H groups in total. The van der Waals surface area contributed by atoms with E-state index in [4.69, 9.17) is 11.6 Å². The van der Waals surface area contributed by atoms with Gasteiger partial charge in [0.05, 0.1) is 6.04 Å². The van der Waals surface area contributed by atoms with Crippen molar-refractivity contribution in [2.45, 2.75) is 13.0 Å². The molecule has 0 aliphatic carbocycles. The Kier molecular flexibility index (Phi) is 3.10. The third kappa shape index (κ3) is 2.45. The summed E-state index contributed by atoms with van der Waals surface area (Å²) in [5, 5.41) is 5.26. The minimum atomic E-state index is -0.699. The van der Waals surface area contributed by atoms with Crippen LogP contribution in [0.25, 0.3) is 0 Å². The number of nitrogens with zero attached hydrogens (tertiary/aromatic N) is 1. The number of hydrogen-bond donors (Lipinski definition) is 2. The van der Waals surface area contributed by atoms with E-state index in [1.807, 2.05) is 25.1 Å². The molecule has 2 rings (SSSR count). The normalized spacial score (nSPS) is 16.5. The molecule has 1 aliphatic heterocycles. The van der Waals surface area contributed by atoms with Gasteiger partial charge in [-0.3, -0.25) is 20.2 Å². The Morgan fingerprint density at radius 2 is 1.76 bits per heavy atom. The Bertz CT molecular complexity index is 495. The quantitative estimate of drug-likeness (QED) is 0.770. The van der Waals surface area contributed by atoms with Crippen molar-refractivity contribution in [1.82, 2.24) is 10.6 Å². The molecule has 17 heavy (non-hydrogen) atoms. The number of amides is 2. The Labute approximate surface area is 103 Å². The van der Waals surface area contributed by atoms with E-state index < -0.39 is 11.8 Å². The van der Waals surface area contributed by atoms with Crippen LogP contribution in [0.15, 0.2) is 29.3 Å². The molecular weight excluding hydrogens is 242 g/mol. The van der Waals surface area contributed by atoms with Crippen LogP contribution in [0.1, 0.15) is 18.5 Å². The fourth-order valence-electron chi connectivity index (χ4n) is 1.50. The lowest BCUT2D eigenvalue weighted by molar-refractivity contribution is -0.135. The van der Waals surface area contributed by atoms with Gasteiger partial charge in [-0.15, -0.1) is 0 Å². The highest BCUT2D eigenvalue weighted by Gasteiger charge is 2.25. The molecule has 6 heteroatoms. The van der Waals surface area contributed by atoms with E-state index in [1.165, 1.54) is 0 Å². The number of hydrogen-bond acceptors (Lipinski definition) is 3. The number of carbonyl (C=O) groups is 2. The van der Waals surface area contributed by atoms with Crippen LogP contribution in [-0.4, -0.2) is 17.8 Å². The number of rotatable bonds is 2. The summed E-state index contributed by atoms with van der Waals surface area (Å²) in [5.74, 6) is -1.24. The summed E-state index contributed by atoms with van der Waals surface area (Å²) >= 11 is 6.02. The van der Waals surface area contributed by atoms with Crippen molar-refractivity contribution in [2.75, 3.05) is 0 Å². The summed E-state index contributed by atoms with van der Waals surface area (Å²) < 4.78 is 0. The molecular formula is C11H10ClN3O2. The van der Waals surface area contributed by atoms with Crippen LogP contribution in [0.4, 0.5) is 0 Å². The van der Waals surface area contributed by atoms with Gasteiger partial charge in [-0.25, -0.2) is 4.99 Å². The molecule has 1 unspecified atom stereocenters. The average molecular weight is 252 g/mol. The predicted molar refractivity (Wildman–Crippen MR) is 63.6 cm³/mol. The summed E-state index contributed by atoms with van der Waals surface area (Å²) in [6.07, 6.45) is 0. The first-order valence-corrected chi connectivity index (χ1v) is 5.40. The summed E-state index contributed by atoms with van der Waals surface area (Å²) in [7, 11) is 0. The van der Waals surface area contributed by atoms with Gasteiger partial charge in [-0.05, 0) is 18.6 Å². The summed E-state index contributed by atoms with van der Waals surface area (Å²) in [6.45, 7) is 1.82. The molecule has 1 aliphatic rings. The molecule has 1 fully saturated rings. The molecule has 1 atom stereocenters. The lowest BCUT2D eigenvalue weighted by atomic mass is 10.1. The zero-order chi connectivity index (χ0) is 12.4. The van der Waals surface area contributed by atoms with Gasteiger partial charge in [0.25, 0.3) is 0 Å². The van der Waals surface area contributed by atoms with Gasteiger partial charge in [0.2, 0.25) is 5.96 Å². The van der Waals surface area contributed by atoms with Crippen LogP contribution in [-0.2, 0) is 9.59 Å². The smallest absolute Gasteiger partial charge is 0.288 e. The molecule has 0 bridgehead atoms. The topological polar surface area (TPSA) is 70.6 Å². The summed E-state index contributed by atoms with van der Waals surface area (Å²) in [5.41, 5.74) is 0.831. The maximum atomic E-state index is 10.9. The average Bonchev–Trinajstić information content (AvgIpc) is 2.58. The Hall–Kier alpha value is -1.88. The minimum Gasteiger partial charge on any atom is -0.288 e. The summed E-state index contributed by atoms with van der Waals surface area (Å²) in [4.78, 5) is 26.1. The van der Waals surface area contributed by atoms with Gasteiger partial charge >= 0.3 is 11.8 Å². The van der Waals surface area contributed by atoms with Crippen molar-refractivity contribution in [3.8, 4) is 0 Å². The molecule has 0 radical (unpaired) electrons. The second-order valence-corrected chi connectivity index (χ2v) is 3.99. The SMILES string of the molecule is CC(N=C1NC(=O)C(=O)N1)c1ccccc1Cl. The second-order valence-electron chi connectivity index (χ2n) is 3.58. The molecule has 5 nitrogen and oxygen atoms in total. The van der Waals surface area contributed by atoms with Crippen LogP contribution in [0.2, 0.25) is 5.02 Å². The number of halogens is 1.